The van der Waals surface area contributed by atoms with Gasteiger partial charge in [-0.25, -0.2) is 4.98 Å². The highest BCUT2D eigenvalue weighted by atomic mass is 32.1. The van der Waals surface area contributed by atoms with E-state index in [0.29, 0.717) is 5.75 Å². The van der Waals surface area contributed by atoms with Crippen LogP contribution in [0.1, 0.15) is 5.01 Å². The molecule has 2 aromatic carbocycles. The van der Waals surface area contributed by atoms with Crippen LogP contribution in [-0.4, -0.2) is 17.5 Å². The van der Waals surface area contributed by atoms with E-state index in [4.69, 9.17) is 4.74 Å². The Morgan fingerprint density at radius 1 is 1.13 bits per heavy atom. The maximum atomic E-state index is 11.9. The number of thiazole rings is 1. The number of rotatable bonds is 5. The smallest absolute Gasteiger partial charge is 0.262 e. The molecule has 0 aliphatic rings. The zero-order valence-corrected chi connectivity index (χ0v) is 13.5. The lowest BCUT2D eigenvalue weighted by Crippen LogP contribution is -2.20. The average molecular weight is 324 g/mol. The first-order valence-electron chi connectivity index (χ1n) is 7.21. The zero-order valence-electron chi connectivity index (χ0n) is 12.7. The molecular weight excluding hydrogens is 308 g/mol. The van der Waals surface area contributed by atoms with Gasteiger partial charge in [0, 0.05) is 16.6 Å². The number of anilines is 1. The Morgan fingerprint density at radius 3 is 2.52 bits per heavy atom. The summed E-state index contributed by atoms with van der Waals surface area (Å²) in [7, 11) is 0. The lowest BCUT2D eigenvalue weighted by atomic mass is 10.1. The molecule has 0 radical (unpaired) electrons. The van der Waals surface area contributed by atoms with Crippen molar-refractivity contribution in [1.29, 1.82) is 0 Å². The van der Waals surface area contributed by atoms with Crippen LogP contribution in [-0.2, 0) is 4.79 Å². The van der Waals surface area contributed by atoms with E-state index < -0.39 is 0 Å². The number of para-hydroxylation sites is 1. The highest BCUT2D eigenvalue weighted by molar-refractivity contribution is 7.09. The number of carbonyl (C=O) groups is 1. The van der Waals surface area contributed by atoms with Gasteiger partial charge in [0.2, 0.25) is 0 Å². The summed E-state index contributed by atoms with van der Waals surface area (Å²) < 4.78 is 5.42. The van der Waals surface area contributed by atoms with Crippen LogP contribution in [0.5, 0.6) is 5.75 Å². The molecule has 1 N–H and O–H groups in total. The van der Waals surface area contributed by atoms with Crippen LogP contribution in [0.3, 0.4) is 0 Å². The molecule has 1 aromatic heterocycles. The van der Waals surface area contributed by atoms with E-state index in [0.717, 1.165) is 22.0 Å². The van der Waals surface area contributed by atoms with E-state index in [1.165, 1.54) is 0 Å². The number of nitrogens with zero attached hydrogens (tertiary/aromatic N) is 1. The molecule has 3 aromatic rings. The number of amides is 1. The molecule has 0 fully saturated rings. The molecule has 0 saturated heterocycles. The van der Waals surface area contributed by atoms with Crippen LogP contribution in [0.4, 0.5) is 5.69 Å². The summed E-state index contributed by atoms with van der Waals surface area (Å²) in [5.74, 6) is 0.489. The van der Waals surface area contributed by atoms with E-state index in [1.807, 2.05) is 66.9 Å². The third-order valence-corrected chi connectivity index (χ3v) is 3.97. The largest absolute Gasteiger partial charge is 0.484 e. The van der Waals surface area contributed by atoms with Crippen LogP contribution in [0.25, 0.3) is 11.3 Å². The summed E-state index contributed by atoms with van der Waals surface area (Å²) in [5.41, 5.74) is 2.73. The molecule has 1 amide bonds. The molecule has 0 atom stereocenters. The van der Waals surface area contributed by atoms with Crippen molar-refractivity contribution in [2.45, 2.75) is 6.92 Å². The van der Waals surface area contributed by atoms with Gasteiger partial charge in [-0.3, -0.25) is 4.79 Å². The highest BCUT2D eigenvalue weighted by Gasteiger charge is 2.05. The summed E-state index contributed by atoms with van der Waals surface area (Å²) >= 11 is 1.62. The first kappa shape index (κ1) is 15.2. The van der Waals surface area contributed by atoms with Gasteiger partial charge < -0.3 is 10.1 Å². The van der Waals surface area contributed by atoms with E-state index in [2.05, 4.69) is 10.3 Å². The molecule has 0 spiro atoms. The minimum atomic E-state index is -0.189. The molecule has 5 heteroatoms. The third-order valence-electron chi connectivity index (χ3n) is 3.20. The fourth-order valence-electron chi connectivity index (χ4n) is 2.08. The van der Waals surface area contributed by atoms with E-state index >= 15 is 0 Å². The van der Waals surface area contributed by atoms with Gasteiger partial charge in [0.1, 0.15) is 5.75 Å². The van der Waals surface area contributed by atoms with Gasteiger partial charge in [0.25, 0.3) is 5.91 Å². The molecule has 0 bridgehead atoms. The lowest BCUT2D eigenvalue weighted by Gasteiger charge is -2.08. The minimum absolute atomic E-state index is 0.0168. The topological polar surface area (TPSA) is 51.2 Å². The Morgan fingerprint density at radius 2 is 1.87 bits per heavy atom. The van der Waals surface area contributed by atoms with Gasteiger partial charge in [-0.1, -0.05) is 30.3 Å². The Hall–Kier alpha value is -2.66. The van der Waals surface area contributed by atoms with Crippen LogP contribution in [0.15, 0.2) is 60.0 Å². The monoisotopic (exact) mass is 324 g/mol. The minimum Gasteiger partial charge on any atom is -0.484 e. The molecule has 0 unspecified atom stereocenters. The summed E-state index contributed by atoms with van der Waals surface area (Å²) in [6, 6.07) is 16.9. The standard InChI is InChI=1S/C18H16N2O2S/c1-13-19-17(12-23-13)14-7-9-15(10-8-14)20-18(21)11-22-16-5-3-2-4-6-16/h2-10,12H,11H2,1H3,(H,20,21). The zero-order chi connectivity index (χ0) is 16.1. The van der Waals surface area contributed by atoms with Crippen molar-refractivity contribution in [1.82, 2.24) is 4.98 Å². The van der Waals surface area contributed by atoms with Crippen molar-refractivity contribution in [3.63, 3.8) is 0 Å². The van der Waals surface area contributed by atoms with Gasteiger partial charge >= 0.3 is 0 Å². The van der Waals surface area contributed by atoms with Crippen LogP contribution in [0, 0.1) is 6.92 Å². The molecular formula is C18H16N2O2S. The van der Waals surface area contributed by atoms with Crippen LogP contribution < -0.4 is 10.1 Å². The number of carbonyl (C=O) groups excluding carboxylic acids is 1. The number of benzene rings is 2. The van der Waals surface area contributed by atoms with Crippen LogP contribution >= 0.6 is 11.3 Å². The van der Waals surface area contributed by atoms with E-state index in [9.17, 15) is 4.79 Å². The van der Waals surface area contributed by atoms with Gasteiger partial charge in [0.05, 0.1) is 10.7 Å². The molecule has 0 saturated carbocycles. The summed E-state index contributed by atoms with van der Waals surface area (Å²) in [6.45, 7) is 1.96. The number of nitrogens with one attached hydrogen (secondary N) is 1. The highest BCUT2D eigenvalue weighted by Crippen LogP contribution is 2.23. The normalized spacial score (nSPS) is 10.3. The molecule has 116 valence electrons. The number of aromatic nitrogens is 1. The first-order chi connectivity index (χ1) is 11.2. The van der Waals surface area contributed by atoms with Gasteiger partial charge in [-0.15, -0.1) is 11.3 Å². The fourth-order valence-corrected chi connectivity index (χ4v) is 2.71. The van der Waals surface area contributed by atoms with Gasteiger partial charge in [-0.2, -0.15) is 0 Å². The van der Waals surface area contributed by atoms with Crippen molar-refractivity contribution in [2.24, 2.45) is 0 Å². The predicted octanol–water partition coefficient (Wildman–Crippen LogP) is 4.14. The van der Waals surface area contributed by atoms with E-state index in [1.54, 1.807) is 11.3 Å². The predicted molar refractivity (Wildman–Crippen MR) is 92.9 cm³/mol. The molecule has 23 heavy (non-hydrogen) atoms. The number of hydrogen-bond acceptors (Lipinski definition) is 4. The maximum absolute atomic E-state index is 11.9. The summed E-state index contributed by atoms with van der Waals surface area (Å²) in [5, 5.41) is 5.88. The fraction of sp³-hybridized carbons (Fsp3) is 0.111. The average Bonchev–Trinajstić information content (AvgIpc) is 3.01. The second-order valence-corrected chi connectivity index (χ2v) is 6.04. The van der Waals surface area contributed by atoms with Gasteiger partial charge in [0.15, 0.2) is 6.61 Å². The van der Waals surface area contributed by atoms with E-state index in [-0.39, 0.29) is 12.5 Å². The Bertz CT molecular complexity index is 782. The molecule has 3 rings (SSSR count). The quantitative estimate of drug-likeness (QED) is 0.767. The van der Waals surface area contributed by atoms with Crippen molar-refractivity contribution in [3.05, 3.63) is 65.0 Å². The second-order valence-electron chi connectivity index (χ2n) is 4.98. The number of ether oxygens (including phenoxy) is 1. The van der Waals surface area contributed by atoms with Crippen molar-refractivity contribution < 1.29 is 9.53 Å². The Balaban J connectivity index is 1.56. The number of hydrogen-bond donors (Lipinski definition) is 1. The SMILES string of the molecule is Cc1nc(-c2ccc(NC(=O)COc3ccccc3)cc2)cs1. The molecule has 1 heterocycles. The first-order valence-corrected chi connectivity index (χ1v) is 8.09. The lowest BCUT2D eigenvalue weighted by molar-refractivity contribution is -0.118. The third kappa shape index (κ3) is 4.17. The Kier molecular flexibility index (Phi) is 4.68. The van der Waals surface area contributed by atoms with Crippen molar-refractivity contribution >= 4 is 22.9 Å². The summed E-state index contributed by atoms with van der Waals surface area (Å²) in [4.78, 5) is 16.3. The number of aryl methyl sites for hydroxylation is 1. The van der Waals surface area contributed by atoms with Gasteiger partial charge in [-0.05, 0) is 31.2 Å². The second kappa shape index (κ2) is 7.07. The molecule has 0 aliphatic heterocycles. The maximum Gasteiger partial charge on any atom is 0.262 e. The Labute approximate surface area is 138 Å². The van der Waals surface area contributed by atoms with Crippen molar-refractivity contribution in [3.8, 4) is 17.0 Å². The van der Waals surface area contributed by atoms with Crippen molar-refractivity contribution in [2.75, 3.05) is 11.9 Å². The summed E-state index contributed by atoms with van der Waals surface area (Å²) in [6.07, 6.45) is 0. The molecule has 4 nitrogen and oxygen atoms in total. The van der Waals surface area contributed by atoms with Crippen LogP contribution in [0.2, 0.25) is 0 Å². The molecule has 0 aliphatic carbocycles.